The van der Waals surface area contributed by atoms with Crippen molar-refractivity contribution < 1.29 is 19.4 Å². The van der Waals surface area contributed by atoms with Crippen LogP contribution >= 0.6 is 0 Å². The Bertz CT molecular complexity index is 1400. The lowest BCUT2D eigenvalue weighted by atomic mass is 10.1. The maximum Gasteiger partial charge on any atom is 0.335 e. The highest BCUT2D eigenvalue weighted by Crippen LogP contribution is 2.29. The average Bonchev–Trinajstić information content (AvgIpc) is 3.28. The lowest BCUT2D eigenvalue weighted by molar-refractivity contribution is 0.0696. The van der Waals surface area contributed by atoms with Gasteiger partial charge in [0.2, 0.25) is 11.8 Å². The number of carbonyl (C=O) groups is 1. The molecular formula is C25H29N7O4. The number of nitrogens with two attached hydrogens (primary N) is 1. The predicted molar refractivity (Wildman–Crippen MR) is 134 cm³/mol. The van der Waals surface area contributed by atoms with Gasteiger partial charge in [0.15, 0.2) is 0 Å². The molecule has 1 aliphatic rings. The lowest BCUT2D eigenvalue weighted by Gasteiger charge is -2.25. The number of carboxylic acid groups (broad SMARTS) is 1. The lowest BCUT2D eigenvalue weighted by Crippen LogP contribution is -2.35. The topological polar surface area (TPSA) is 134 Å². The van der Waals surface area contributed by atoms with Crippen LogP contribution in [0, 0.1) is 6.92 Å². The average molecular weight is 492 g/mol. The first-order valence-electron chi connectivity index (χ1n) is 11.8. The number of nitrogens with zero attached hydrogens (tertiary/aromatic N) is 6. The number of ether oxygens (including phenoxy) is 2. The van der Waals surface area contributed by atoms with Crippen molar-refractivity contribution in [1.82, 2.24) is 29.2 Å². The van der Waals surface area contributed by atoms with E-state index in [1.807, 2.05) is 24.3 Å². The molecule has 11 nitrogen and oxygen atoms in total. The first kappa shape index (κ1) is 23.8. The molecule has 0 aliphatic carbocycles. The van der Waals surface area contributed by atoms with Crippen molar-refractivity contribution in [2.24, 2.45) is 7.05 Å². The van der Waals surface area contributed by atoms with Gasteiger partial charge in [-0.3, -0.25) is 9.88 Å². The molecule has 0 bridgehead atoms. The van der Waals surface area contributed by atoms with Gasteiger partial charge >= 0.3 is 5.97 Å². The first-order chi connectivity index (χ1) is 17.4. The predicted octanol–water partition coefficient (Wildman–Crippen LogP) is 2.37. The van der Waals surface area contributed by atoms with E-state index in [1.54, 1.807) is 24.9 Å². The molecule has 0 amide bonds. The van der Waals surface area contributed by atoms with Gasteiger partial charge in [-0.1, -0.05) is 12.1 Å². The minimum absolute atomic E-state index is 0.0260. The number of imidazole rings is 1. The third-order valence-corrected chi connectivity index (χ3v) is 6.33. The number of hydrogen-bond acceptors (Lipinski definition) is 8. The van der Waals surface area contributed by atoms with Gasteiger partial charge in [-0.15, -0.1) is 0 Å². The number of para-hydroxylation sites is 2. The molecule has 1 unspecified atom stereocenters. The largest absolute Gasteiger partial charge is 0.478 e. The molecule has 5 rings (SSSR count). The summed E-state index contributed by atoms with van der Waals surface area (Å²) in [6.45, 7) is 5.53. The third kappa shape index (κ3) is 4.75. The summed E-state index contributed by atoms with van der Waals surface area (Å²) in [5.41, 5.74) is 10.1. The van der Waals surface area contributed by atoms with E-state index in [1.165, 1.54) is 12.1 Å². The first-order valence-corrected chi connectivity index (χ1v) is 11.8. The number of aryl methyl sites for hydroxylation is 2. The highest BCUT2D eigenvalue weighted by atomic mass is 16.5. The molecule has 11 heteroatoms. The number of anilines is 1. The number of rotatable bonds is 7. The standard InChI is InChI=1S/C25H29N7O4/c1-16-11-17(24(33)34)12-21(28-16)19-13-27-30(2)23(19)36-10-8-31-7-9-35-15-18(14-31)32-22-6-4-3-5-20(22)29-25(32)26/h3-6,11-13,18H,7-10,14-15H2,1-2H3,(H2,26,29)(H,33,34). The molecule has 4 heterocycles. The Morgan fingerprint density at radius 2 is 2.11 bits per heavy atom. The van der Waals surface area contributed by atoms with E-state index in [9.17, 15) is 9.90 Å². The zero-order chi connectivity index (χ0) is 25.2. The number of hydrogen-bond donors (Lipinski definition) is 2. The molecule has 4 aromatic rings. The molecule has 0 saturated carbocycles. The van der Waals surface area contributed by atoms with Crippen molar-refractivity contribution in [3.63, 3.8) is 0 Å². The van der Waals surface area contributed by atoms with E-state index in [0.29, 0.717) is 55.1 Å². The van der Waals surface area contributed by atoms with Gasteiger partial charge in [0.1, 0.15) is 6.61 Å². The van der Waals surface area contributed by atoms with Gasteiger partial charge in [0, 0.05) is 32.4 Å². The Labute approximate surface area is 208 Å². The van der Waals surface area contributed by atoms with Crippen molar-refractivity contribution in [2.75, 3.05) is 45.2 Å². The monoisotopic (exact) mass is 491 g/mol. The van der Waals surface area contributed by atoms with Crippen LogP contribution in [0.25, 0.3) is 22.3 Å². The normalized spacial score (nSPS) is 16.8. The zero-order valence-electron chi connectivity index (χ0n) is 20.3. The van der Waals surface area contributed by atoms with Crippen LogP contribution in [0.2, 0.25) is 0 Å². The maximum atomic E-state index is 11.5. The van der Waals surface area contributed by atoms with Crippen LogP contribution in [0.5, 0.6) is 5.88 Å². The Kier molecular flexibility index (Phi) is 6.57. The van der Waals surface area contributed by atoms with E-state index in [2.05, 4.69) is 24.5 Å². The molecule has 36 heavy (non-hydrogen) atoms. The molecule has 1 aliphatic heterocycles. The zero-order valence-corrected chi connectivity index (χ0v) is 20.3. The van der Waals surface area contributed by atoms with Crippen LogP contribution < -0.4 is 10.5 Å². The maximum absolute atomic E-state index is 11.5. The number of aromatic carboxylic acids is 1. The number of carboxylic acids is 1. The Morgan fingerprint density at radius 3 is 2.94 bits per heavy atom. The summed E-state index contributed by atoms with van der Waals surface area (Å²) >= 11 is 0. The van der Waals surface area contributed by atoms with Gasteiger partial charge in [-0.2, -0.15) is 5.10 Å². The molecule has 1 fully saturated rings. The SMILES string of the molecule is Cc1cc(C(=O)O)cc(-c2cnn(C)c2OCCN2CCOCC(n3c(N)nc4ccccc43)C2)n1. The number of nitrogen functional groups attached to an aromatic ring is 1. The second kappa shape index (κ2) is 9.96. The fourth-order valence-corrected chi connectivity index (χ4v) is 4.64. The fourth-order valence-electron chi connectivity index (χ4n) is 4.64. The fraction of sp³-hybridized carbons (Fsp3) is 0.360. The van der Waals surface area contributed by atoms with Crippen LogP contribution in [0.1, 0.15) is 22.1 Å². The summed E-state index contributed by atoms with van der Waals surface area (Å²) in [5.74, 6) is 0.0167. The van der Waals surface area contributed by atoms with E-state index in [0.717, 1.165) is 24.1 Å². The van der Waals surface area contributed by atoms with E-state index in [-0.39, 0.29) is 11.6 Å². The van der Waals surface area contributed by atoms with Gasteiger partial charge in [-0.05, 0) is 31.2 Å². The summed E-state index contributed by atoms with van der Waals surface area (Å²) in [4.78, 5) is 22.8. The molecule has 1 aromatic carbocycles. The summed E-state index contributed by atoms with van der Waals surface area (Å²) in [5, 5.41) is 13.7. The Hall–Kier alpha value is -3.96. The Morgan fingerprint density at radius 1 is 1.28 bits per heavy atom. The van der Waals surface area contributed by atoms with E-state index in [4.69, 9.17) is 15.2 Å². The molecule has 1 saturated heterocycles. The van der Waals surface area contributed by atoms with E-state index >= 15 is 0 Å². The highest BCUT2D eigenvalue weighted by Gasteiger charge is 2.24. The van der Waals surface area contributed by atoms with Gasteiger partial charge in [0.05, 0.1) is 53.3 Å². The molecular weight excluding hydrogens is 462 g/mol. The smallest absolute Gasteiger partial charge is 0.335 e. The summed E-state index contributed by atoms with van der Waals surface area (Å²) in [6, 6.07) is 11.0. The highest BCUT2D eigenvalue weighted by molar-refractivity contribution is 5.89. The number of benzene rings is 1. The number of pyridine rings is 1. The number of aromatic nitrogens is 5. The minimum atomic E-state index is -1.00. The van der Waals surface area contributed by atoms with Crippen molar-refractivity contribution in [3.05, 3.63) is 53.9 Å². The molecule has 1 atom stereocenters. The quantitative estimate of drug-likeness (QED) is 0.400. The summed E-state index contributed by atoms with van der Waals surface area (Å²) < 4.78 is 15.7. The van der Waals surface area contributed by atoms with Crippen LogP contribution in [0.4, 0.5) is 5.95 Å². The van der Waals surface area contributed by atoms with Crippen LogP contribution in [0.15, 0.2) is 42.6 Å². The van der Waals surface area contributed by atoms with Gasteiger partial charge < -0.3 is 24.9 Å². The molecule has 188 valence electrons. The molecule has 3 N–H and O–H groups in total. The number of fused-ring (bicyclic) bond motifs is 1. The van der Waals surface area contributed by atoms with Gasteiger partial charge in [0.25, 0.3) is 0 Å². The van der Waals surface area contributed by atoms with Crippen molar-refractivity contribution in [1.29, 1.82) is 0 Å². The van der Waals surface area contributed by atoms with Crippen molar-refractivity contribution in [3.8, 4) is 17.1 Å². The Balaban J connectivity index is 1.30. The van der Waals surface area contributed by atoms with Crippen LogP contribution in [0.3, 0.4) is 0 Å². The molecule has 0 spiro atoms. The van der Waals surface area contributed by atoms with Crippen molar-refractivity contribution >= 4 is 23.0 Å². The van der Waals surface area contributed by atoms with Crippen LogP contribution in [-0.4, -0.2) is 79.7 Å². The van der Waals surface area contributed by atoms with E-state index < -0.39 is 5.97 Å². The van der Waals surface area contributed by atoms with Crippen LogP contribution in [-0.2, 0) is 11.8 Å². The third-order valence-electron chi connectivity index (χ3n) is 6.33. The second-order valence-corrected chi connectivity index (χ2v) is 8.88. The second-order valence-electron chi connectivity index (χ2n) is 8.88. The van der Waals surface area contributed by atoms with Gasteiger partial charge in [-0.25, -0.2) is 14.5 Å². The molecule has 0 radical (unpaired) electrons. The minimum Gasteiger partial charge on any atom is -0.478 e. The summed E-state index contributed by atoms with van der Waals surface area (Å²) in [7, 11) is 1.79. The van der Waals surface area contributed by atoms with Crippen molar-refractivity contribution in [2.45, 2.75) is 13.0 Å². The summed E-state index contributed by atoms with van der Waals surface area (Å²) in [6.07, 6.45) is 1.64. The molecule has 3 aromatic heterocycles.